The monoisotopic (exact) mass is 1050 g/mol. The molecule has 1 unspecified atom stereocenters. The summed E-state index contributed by atoms with van der Waals surface area (Å²) in [6.07, 6.45) is 86.6. The van der Waals surface area contributed by atoms with Crippen LogP contribution < -0.4 is 0 Å². The molecule has 434 valence electrons. The van der Waals surface area contributed by atoms with E-state index in [2.05, 4.69) is 130 Å². The summed E-state index contributed by atoms with van der Waals surface area (Å²) in [7, 11) is 0. The Labute approximate surface area is 470 Å². The maximum Gasteiger partial charge on any atom is 0.306 e. The second-order valence-electron chi connectivity index (χ2n) is 20.9. The molecule has 0 aliphatic heterocycles. The fourth-order valence-corrected chi connectivity index (χ4v) is 8.75. The minimum Gasteiger partial charge on any atom is -0.462 e. The fraction of sp³-hybridized carbons (Fsp3) is 0.700. The molecule has 0 radical (unpaired) electrons. The molecule has 6 heteroatoms. The van der Waals surface area contributed by atoms with E-state index in [1.165, 1.54) is 128 Å². The van der Waals surface area contributed by atoms with Crippen molar-refractivity contribution in [3.63, 3.8) is 0 Å². The SMILES string of the molecule is CC/C=C\C/C=C\C/C=C\C/C=C\C/C=C\C/C=C\C/C=C\C/C=C\CCCCCCC(=O)OCC(COC(=O)CCCCCCC/C=C\CCCCCCC)OC(=O)CCCCCCCCCCCCCCCCC. The van der Waals surface area contributed by atoms with Gasteiger partial charge in [-0.25, -0.2) is 0 Å². The lowest BCUT2D eigenvalue weighted by atomic mass is 10.0. The third-order valence-electron chi connectivity index (χ3n) is 13.5. The average Bonchev–Trinajstić information content (AvgIpc) is 3.42. The van der Waals surface area contributed by atoms with Crippen LogP contribution in [0.5, 0.6) is 0 Å². The number of allylic oxidation sites excluding steroid dienone is 18. The Bertz CT molecular complexity index is 1540. The lowest BCUT2D eigenvalue weighted by Crippen LogP contribution is -2.30. The number of esters is 3. The lowest BCUT2D eigenvalue weighted by molar-refractivity contribution is -0.167. The largest absolute Gasteiger partial charge is 0.462 e. The zero-order valence-corrected chi connectivity index (χ0v) is 49.7. The van der Waals surface area contributed by atoms with E-state index < -0.39 is 6.10 Å². The number of ether oxygens (including phenoxy) is 3. The van der Waals surface area contributed by atoms with Crippen LogP contribution in [0.2, 0.25) is 0 Å². The number of hydrogen-bond acceptors (Lipinski definition) is 6. The van der Waals surface area contributed by atoms with E-state index in [-0.39, 0.29) is 31.1 Å². The summed E-state index contributed by atoms with van der Waals surface area (Å²) in [5.74, 6) is -0.914. The molecule has 0 aliphatic rings. The van der Waals surface area contributed by atoms with Gasteiger partial charge in [0.25, 0.3) is 0 Å². The molecule has 0 fully saturated rings. The lowest BCUT2D eigenvalue weighted by Gasteiger charge is -2.18. The number of carbonyl (C=O) groups is 3. The molecule has 76 heavy (non-hydrogen) atoms. The van der Waals surface area contributed by atoms with Crippen LogP contribution in [0.15, 0.2) is 109 Å². The maximum atomic E-state index is 12.9. The molecule has 0 aliphatic carbocycles. The van der Waals surface area contributed by atoms with Crippen molar-refractivity contribution in [3.8, 4) is 0 Å². The molecule has 0 N–H and O–H groups in total. The van der Waals surface area contributed by atoms with E-state index in [0.29, 0.717) is 19.3 Å². The molecule has 0 bridgehead atoms. The Morgan fingerprint density at radius 2 is 0.513 bits per heavy atom. The predicted octanol–water partition coefficient (Wildman–Crippen LogP) is 21.8. The summed E-state index contributed by atoms with van der Waals surface area (Å²) < 4.78 is 16.9. The highest BCUT2D eigenvalue weighted by Gasteiger charge is 2.19. The first-order chi connectivity index (χ1) is 37.5. The van der Waals surface area contributed by atoms with E-state index in [4.69, 9.17) is 14.2 Å². The van der Waals surface area contributed by atoms with Crippen molar-refractivity contribution in [1.29, 1.82) is 0 Å². The van der Waals surface area contributed by atoms with E-state index in [1.807, 2.05) is 0 Å². The van der Waals surface area contributed by atoms with Gasteiger partial charge in [0.1, 0.15) is 13.2 Å². The van der Waals surface area contributed by atoms with Gasteiger partial charge < -0.3 is 14.2 Å². The molecule has 0 saturated heterocycles. The summed E-state index contributed by atoms with van der Waals surface area (Å²) in [4.78, 5) is 38.3. The maximum absolute atomic E-state index is 12.9. The minimum absolute atomic E-state index is 0.0889. The van der Waals surface area contributed by atoms with Gasteiger partial charge in [-0.15, -0.1) is 0 Å². The highest BCUT2D eigenvalue weighted by atomic mass is 16.6. The third kappa shape index (κ3) is 60.9. The second kappa shape index (κ2) is 63.6. The summed E-state index contributed by atoms with van der Waals surface area (Å²) in [5, 5.41) is 0. The molecular weight excluding hydrogens is 937 g/mol. The van der Waals surface area contributed by atoms with Crippen molar-refractivity contribution in [3.05, 3.63) is 109 Å². The molecule has 0 rings (SSSR count). The Balaban J connectivity index is 4.37. The minimum atomic E-state index is -0.792. The van der Waals surface area contributed by atoms with Crippen molar-refractivity contribution >= 4 is 17.9 Å². The van der Waals surface area contributed by atoms with Gasteiger partial charge in [-0.3, -0.25) is 14.4 Å². The molecule has 0 aromatic heterocycles. The van der Waals surface area contributed by atoms with E-state index in [0.717, 1.165) is 128 Å². The van der Waals surface area contributed by atoms with Crippen LogP contribution in [0, 0.1) is 0 Å². The van der Waals surface area contributed by atoms with Crippen LogP contribution in [-0.4, -0.2) is 37.2 Å². The summed E-state index contributed by atoms with van der Waals surface area (Å²) in [6, 6.07) is 0. The summed E-state index contributed by atoms with van der Waals surface area (Å²) in [6.45, 7) is 6.51. The molecule has 0 saturated carbocycles. The van der Waals surface area contributed by atoms with Gasteiger partial charge in [0, 0.05) is 19.3 Å². The number of carbonyl (C=O) groups excluding carboxylic acids is 3. The molecule has 1 atom stereocenters. The summed E-state index contributed by atoms with van der Waals surface area (Å²) in [5.41, 5.74) is 0. The van der Waals surface area contributed by atoms with Crippen molar-refractivity contribution in [2.24, 2.45) is 0 Å². The molecular formula is C70H118O6. The van der Waals surface area contributed by atoms with Gasteiger partial charge in [-0.1, -0.05) is 278 Å². The number of rotatable bonds is 57. The zero-order valence-electron chi connectivity index (χ0n) is 49.7. The first kappa shape index (κ1) is 72.1. The highest BCUT2D eigenvalue weighted by Crippen LogP contribution is 2.16. The standard InChI is InChI=1S/C70H118O6/c1-4-7-10-13-16-19-22-25-28-29-30-31-32-33-34-35-36-37-38-39-40-41-43-45-48-51-54-57-60-63-69(72)75-66-67(65-74-68(71)62-59-56-53-50-47-44-27-24-21-18-15-12-9-6-3)76-70(73)64-61-58-55-52-49-46-42-26-23-20-17-14-11-8-5-2/h7,10,16,19,24-25,27-28,30-31,33-34,36-37,39-40,43,45,67H,4-6,8-9,11-15,17-18,20-23,26,29,32,35,38,41-42,44,46-66H2,1-3H3/b10-7-,19-16-,27-24-,28-25-,31-30-,34-33-,37-36-,40-39-,45-43-. The molecule has 0 heterocycles. The van der Waals surface area contributed by atoms with Gasteiger partial charge in [0.05, 0.1) is 0 Å². The molecule has 0 spiro atoms. The van der Waals surface area contributed by atoms with Crippen LogP contribution >= 0.6 is 0 Å². The highest BCUT2D eigenvalue weighted by molar-refractivity contribution is 5.71. The van der Waals surface area contributed by atoms with Gasteiger partial charge in [-0.05, 0) is 109 Å². The van der Waals surface area contributed by atoms with Crippen molar-refractivity contribution in [1.82, 2.24) is 0 Å². The first-order valence-corrected chi connectivity index (χ1v) is 31.9. The van der Waals surface area contributed by atoms with Crippen molar-refractivity contribution < 1.29 is 28.6 Å². The normalized spacial score (nSPS) is 12.8. The van der Waals surface area contributed by atoms with Crippen molar-refractivity contribution in [2.45, 2.75) is 303 Å². The molecule has 0 amide bonds. The fourth-order valence-electron chi connectivity index (χ4n) is 8.75. The number of hydrogen-bond donors (Lipinski definition) is 0. The Hall–Kier alpha value is -3.93. The quantitative estimate of drug-likeness (QED) is 0.0261. The van der Waals surface area contributed by atoms with E-state index in [1.54, 1.807) is 0 Å². The average molecular weight is 1060 g/mol. The Kier molecular flexibility index (Phi) is 60.3. The topological polar surface area (TPSA) is 78.9 Å². The van der Waals surface area contributed by atoms with E-state index >= 15 is 0 Å². The van der Waals surface area contributed by atoms with Crippen LogP contribution in [0.3, 0.4) is 0 Å². The van der Waals surface area contributed by atoms with Crippen LogP contribution in [0.25, 0.3) is 0 Å². The van der Waals surface area contributed by atoms with Crippen LogP contribution in [0.1, 0.15) is 297 Å². The van der Waals surface area contributed by atoms with Gasteiger partial charge >= 0.3 is 17.9 Å². The first-order valence-electron chi connectivity index (χ1n) is 31.9. The zero-order chi connectivity index (χ0) is 55.0. The van der Waals surface area contributed by atoms with Gasteiger partial charge in [-0.2, -0.15) is 0 Å². The summed E-state index contributed by atoms with van der Waals surface area (Å²) >= 11 is 0. The molecule has 0 aromatic carbocycles. The van der Waals surface area contributed by atoms with E-state index in [9.17, 15) is 14.4 Å². The van der Waals surface area contributed by atoms with Gasteiger partial charge in [0.15, 0.2) is 6.10 Å². The third-order valence-corrected chi connectivity index (χ3v) is 13.5. The van der Waals surface area contributed by atoms with Gasteiger partial charge in [0.2, 0.25) is 0 Å². The number of unbranched alkanes of at least 4 members (excludes halogenated alkanes) is 28. The van der Waals surface area contributed by atoms with Crippen molar-refractivity contribution in [2.75, 3.05) is 13.2 Å². The Morgan fingerprint density at radius 1 is 0.276 bits per heavy atom. The smallest absolute Gasteiger partial charge is 0.306 e. The second-order valence-corrected chi connectivity index (χ2v) is 20.9. The Morgan fingerprint density at radius 3 is 0.816 bits per heavy atom. The van der Waals surface area contributed by atoms with Crippen LogP contribution in [-0.2, 0) is 28.6 Å². The molecule has 0 aromatic rings. The van der Waals surface area contributed by atoms with Crippen LogP contribution in [0.4, 0.5) is 0 Å². The molecule has 6 nitrogen and oxygen atoms in total. The predicted molar refractivity (Wildman–Crippen MR) is 330 cm³/mol.